The zero-order chi connectivity index (χ0) is 39.3. The molecule has 9 rings (SSSR count). The molecule has 0 aromatic heterocycles. The monoisotopic (exact) mass is 861 g/mol. The van der Waals surface area contributed by atoms with E-state index in [2.05, 4.69) is 179 Å². The second kappa shape index (κ2) is 21.1. The number of fused-ring (bicyclic) bond motifs is 5. The van der Waals surface area contributed by atoms with Gasteiger partial charge in [-0.1, -0.05) is 158 Å². The summed E-state index contributed by atoms with van der Waals surface area (Å²) in [6.45, 7) is 8.97. The van der Waals surface area contributed by atoms with Gasteiger partial charge in [0.25, 0.3) is 0 Å². The molecule has 1 aliphatic rings. The molecule has 4 heteroatoms. The van der Waals surface area contributed by atoms with Crippen molar-refractivity contribution in [3.63, 3.8) is 0 Å². The molecule has 0 saturated heterocycles. The molecule has 56 heavy (non-hydrogen) atoms. The standard InChI is InChI=1S/2C20H21.C12H7Si.2ClH.Zr/c2*1-3-8-15-13-18-12-11-16(4-2)20(19(18)14-15)17-9-6-5-7-10-17;1-3-7-11-9(5-1)10-6-2-4-8-12(10)13-11;;;/h2*5-7,9-14H,3-4,8H2,1-2H3;1-7H;2*1H;/q3*-1;;;+2/p-2. The molecular formula is C52H49Cl2SiZr-3. The molecule has 1 aliphatic heterocycles. The maximum absolute atomic E-state index is 4.93. The Hall–Kier alpha value is -3.78. The minimum Gasteiger partial charge on any atom is -0.184 e. The van der Waals surface area contributed by atoms with Crippen molar-refractivity contribution in [3.05, 3.63) is 180 Å². The van der Waals surface area contributed by atoms with Crippen molar-refractivity contribution in [2.75, 3.05) is 0 Å². The van der Waals surface area contributed by atoms with E-state index in [1.807, 2.05) is 6.07 Å². The molecule has 0 atom stereocenters. The normalized spacial score (nSPS) is 11.0. The van der Waals surface area contributed by atoms with E-state index in [1.54, 1.807) is 0 Å². The zero-order valence-corrected chi connectivity index (χ0v) is 37.9. The number of aryl methyl sites for hydroxylation is 4. The van der Waals surface area contributed by atoms with E-state index in [4.69, 9.17) is 17.0 Å². The Kier molecular flexibility index (Phi) is 15.8. The molecule has 0 fully saturated rings. The molecule has 8 aromatic rings. The van der Waals surface area contributed by atoms with Crippen LogP contribution in [0.1, 0.15) is 62.8 Å². The molecule has 0 saturated carbocycles. The first-order valence-electron chi connectivity index (χ1n) is 19.9. The number of halogens is 2. The molecule has 0 nitrogen and oxygen atoms in total. The fourth-order valence-electron chi connectivity index (χ4n) is 7.85. The number of hydrogen-bond acceptors (Lipinski definition) is 0. The fraction of sp³-hybridized carbons (Fsp3) is 0.192. The van der Waals surface area contributed by atoms with Crippen molar-refractivity contribution < 1.29 is 20.8 Å². The summed E-state index contributed by atoms with van der Waals surface area (Å²) in [4.78, 5) is 0. The van der Waals surface area contributed by atoms with Gasteiger partial charge < -0.3 is 0 Å². The predicted octanol–water partition coefficient (Wildman–Crippen LogP) is 14.0. The van der Waals surface area contributed by atoms with Gasteiger partial charge in [-0.05, 0) is 36.8 Å². The Bertz CT molecular complexity index is 2270. The van der Waals surface area contributed by atoms with Crippen molar-refractivity contribution >= 4 is 58.5 Å². The van der Waals surface area contributed by atoms with Crippen molar-refractivity contribution in [2.24, 2.45) is 0 Å². The van der Waals surface area contributed by atoms with Gasteiger partial charge in [-0.25, -0.2) is 0 Å². The Labute approximate surface area is 356 Å². The molecule has 0 spiro atoms. The maximum atomic E-state index is 4.93. The molecule has 0 amide bonds. The van der Waals surface area contributed by atoms with Crippen LogP contribution < -0.4 is 10.4 Å². The third-order valence-electron chi connectivity index (χ3n) is 10.4. The van der Waals surface area contributed by atoms with Crippen molar-refractivity contribution in [1.29, 1.82) is 0 Å². The van der Waals surface area contributed by atoms with Crippen LogP contribution >= 0.6 is 17.0 Å². The van der Waals surface area contributed by atoms with Crippen LogP contribution in [0, 0.1) is 6.07 Å². The third kappa shape index (κ3) is 10.0. The molecule has 1 heterocycles. The second-order valence-corrected chi connectivity index (χ2v) is 19.1. The average molecular weight is 864 g/mol. The summed E-state index contributed by atoms with van der Waals surface area (Å²) < 4.78 is 0. The molecule has 0 unspecified atom stereocenters. The second-order valence-electron chi connectivity index (χ2n) is 14.1. The predicted molar refractivity (Wildman–Crippen MR) is 244 cm³/mol. The Balaban J connectivity index is 0.000000140. The fourth-order valence-corrected chi connectivity index (χ4v) is 9.16. The van der Waals surface area contributed by atoms with Crippen LogP contribution in [0.2, 0.25) is 0 Å². The van der Waals surface area contributed by atoms with Crippen LogP contribution in [0.15, 0.2) is 152 Å². The van der Waals surface area contributed by atoms with Gasteiger partial charge >= 0.3 is 37.9 Å². The largest absolute Gasteiger partial charge is 0.184 e. The number of benzene rings is 6. The van der Waals surface area contributed by atoms with Gasteiger partial charge in [-0.2, -0.15) is 41.6 Å². The molecular weight excluding hydrogens is 815 g/mol. The summed E-state index contributed by atoms with van der Waals surface area (Å²) in [6.07, 6.45) is 6.91. The average Bonchev–Trinajstić information content (AvgIpc) is 3.96. The van der Waals surface area contributed by atoms with Gasteiger partial charge in [-0.3, -0.25) is 0 Å². The maximum Gasteiger partial charge on any atom is 0.0920 e. The van der Waals surface area contributed by atoms with Crippen molar-refractivity contribution in [3.8, 4) is 33.4 Å². The van der Waals surface area contributed by atoms with E-state index >= 15 is 0 Å². The van der Waals surface area contributed by atoms with E-state index in [0.29, 0.717) is 0 Å². The van der Waals surface area contributed by atoms with Crippen LogP contribution in [0.4, 0.5) is 0 Å². The third-order valence-corrected chi connectivity index (χ3v) is 11.7. The Morgan fingerprint density at radius 3 is 1.50 bits per heavy atom. The van der Waals surface area contributed by atoms with E-state index in [-0.39, 0.29) is 0 Å². The minimum atomic E-state index is -0.826. The summed E-state index contributed by atoms with van der Waals surface area (Å²) in [5, 5.41) is 8.41. The van der Waals surface area contributed by atoms with Gasteiger partial charge in [0.2, 0.25) is 0 Å². The topological polar surface area (TPSA) is 0 Å². The Morgan fingerprint density at radius 1 is 0.554 bits per heavy atom. The van der Waals surface area contributed by atoms with Crippen LogP contribution in [-0.4, -0.2) is 9.52 Å². The molecule has 0 N–H and O–H groups in total. The van der Waals surface area contributed by atoms with Gasteiger partial charge in [-0.15, -0.1) is 74.6 Å². The zero-order valence-electron chi connectivity index (χ0n) is 32.9. The van der Waals surface area contributed by atoms with E-state index in [1.165, 1.54) is 113 Å². The first-order chi connectivity index (χ1) is 27.5. The van der Waals surface area contributed by atoms with Crippen LogP contribution in [-0.2, 0) is 46.5 Å². The first-order valence-corrected chi connectivity index (χ1v) is 27.2. The molecule has 2 radical (unpaired) electrons. The van der Waals surface area contributed by atoms with E-state index in [9.17, 15) is 0 Å². The summed E-state index contributed by atoms with van der Waals surface area (Å²) >= 11 is -0.826. The van der Waals surface area contributed by atoms with Crippen LogP contribution in [0.25, 0.3) is 54.9 Å². The molecule has 0 aliphatic carbocycles. The number of hydrogen-bond donors (Lipinski definition) is 0. The summed E-state index contributed by atoms with van der Waals surface area (Å²) in [7, 11) is 10.7. The first kappa shape index (κ1) is 41.8. The van der Waals surface area contributed by atoms with Crippen molar-refractivity contribution in [2.45, 2.75) is 66.2 Å². The summed E-state index contributed by atoms with van der Waals surface area (Å²) in [5.74, 6) is 0. The van der Waals surface area contributed by atoms with Gasteiger partial charge in [0.1, 0.15) is 0 Å². The summed E-state index contributed by atoms with van der Waals surface area (Å²) in [5.41, 5.74) is 14.1. The Morgan fingerprint density at radius 2 is 1.02 bits per heavy atom. The minimum absolute atomic E-state index is 0.795. The van der Waals surface area contributed by atoms with E-state index in [0.717, 1.165) is 22.4 Å². The van der Waals surface area contributed by atoms with Crippen LogP contribution in [0.5, 0.6) is 0 Å². The number of rotatable bonds is 8. The van der Waals surface area contributed by atoms with Gasteiger partial charge in [0.05, 0.1) is 9.52 Å². The molecule has 0 bridgehead atoms. The molecule has 8 aromatic carbocycles. The summed E-state index contributed by atoms with van der Waals surface area (Å²) in [6, 6.07) is 58.4. The smallest absolute Gasteiger partial charge is 0.0920 e. The SMILES string of the molecule is CCCc1cc2c(-c3ccccc3)c(CC)ccc2[cH-]1.CCCc1cc2c(-c3ccccc3)c(CC)ccc2[cH-]1.[Cl][Zr][Cl].[c-]1cccc2c1[Si]c1ccccc1-2. The van der Waals surface area contributed by atoms with Gasteiger partial charge in [0, 0.05) is 0 Å². The molecule has 282 valence electrons. The van der Waals surface area contributed by atoms with Crippen molar-refractivity contribution in [1.82, 2.24) is 0 Å². The van der Waals surface area contributed by atoms with E-state index < -0.39 is 20.8 Å². The quantitative estimate of drug-likeness (QED) is 0.105. The van der Waals surface area contributed by atoms with Crippen LogP contribution in [0.3, 0.4) is 0 Å². The van der Waals surface area contributed by atoms with Gasteiger partial charge in [0.15, 0.2) is 0 Å².